The summed E-state index contributed by atoms with van der Waals surface area (Å²) in [5, 5.41) is 0. The number of fused-ring (bicyclic) bond motifs is 1. The van der Waals surface area contributed by atoms with Crippen molar-refractivity contribution in [2.75, 3.05) is 25.1 Å². The largest absolute Gasteiger partial charge is 0.469 e. The van der Waals surface area contributed by atoms with Crippen LogP contribution >= 0.6 is 0 Å². The van der Waals surface area contributed by atoms with Crippen LogP contribution in [0.25, 0.3) is 0 Å². The van der Waals surface area contributed by atoms with E-state index in [-0.39, 0.29) is 35.6 Å². The number of carbonyl (C=O) groups excluding carboxylic acids is 1. The van der Waals surface area contributed by atoms with Crippen LogP contribution in [-0.2, 0) is 33.5 Å². The van der Waals surface area contributed by atoms with Crippen molar-refractivity contribution in [2.45, 2.75) is 63.8 Å². The van der Waals surface area contributed by atoms with Crippen LogP contribution in [0.4, 0.5) is 19.0 Å². The van der Waals surface area contributed by atoms with Crippen molar-refractivity contribution in [1.29, 1.82) is 0 Å². The van der Waals surface area contributed by atoms with Crippen molar-refractivity contribution in [3.63, 3.8) is 0 Å². The van der Waals surface area contributed by atoms with Crippen molar-refractivity contribution < 1.29 is 27.4 Å². The average molecular weight is 503 g/mol. The topological polar surface area (TPSA) is 51.7 Å². The zero-order chi connectivity index (χ0) is 25.4. The van der Waals surface area contributed by atoms with Gasteiger partial charge in [0.25, 0.3) is 0 Å². The molecule has 1 unspecified atom stereocenters. The van der Waals surface area contributed by atoms with E-state index in [1.807, 2.05) is 6.92 Å². The smallest absolute Gasteiger partial charge is 0.419 e. The Kier molecular flexibility index (Phi) is 6.99. The van der Waals surface area contributed by atoms with Crippen LogP contribution in [0.3, 0.4) is 0 Å². The highest BCUT2D eigenvalue weighted by Gasteiger charge is 2.40. The van der Waals surface area contributed by atoms with Crippen molar-refractivity contribution in [1.82, 2.24) is 4.98 Å². The number of aromatic nitrogens is 1. The second kappa shape index (κ2) is 10.0. The molecule has 2 aromatic rings. The van der Waals surface area contributed by atoms with Gasteiger partial charge in [-0.05, 0) is 78.7 Å². The van der Waals surface area contributed by atoms with Gasteiger partial charge < -0.3 is 14.4 Å². The van der Waals surface area contributed by atoms with E-state index in [4.69, 9.17) is 9.47 Å². The maximum Gasteiger partial charge on any atom is 0.419 e. The standard InChI is InChI=1S/C28H33F3N2O3/c1-17(27(34)35-2)25(19-5-6-19)20-7-8-21-16-36-24(15-22(21)14-20)18-9-12-33(13-10-18)26-23(28(29,30)31)4-3-11-32-26/h3-4,7-8,11,14,17-19,24-25H,5-6,9-10,12-13,15-16H2,1-2H3/t17-,24?,25-/m0/s1. The molecule has 0 bridgehead atoms. The van der Waals surface area contributed by atoms with Crippen LogP contribution in [0.2, 0.25) is 0 Å². The lowest BCUT2D eigenvalue weighted by Gasteiger charge is -2.39. The number of methoxy groups -OCH3 is 1. The number of hydrogen-bond acceptors (Lipinski definition) is 5. The lowest BCUT2D eigenvalue weighted by atomic mass is 9.80. The number of piperidine rings is 1. The number of rotatable bonds is 6. The third kappa shape index (κ3) is 5.10. The van der Waals surface area contributed by atoms with Gasteiger partial charge in [0, 0.05) is 19.3 Å². The zero-order valence-corrected chi connectivity index (χ0v) is 20.8. The molecule has 2 fully saturated rings. The van der Waals surface area contributed by atoms with E-state index in [0.717, 1.165) is 38.2 Å². The van der Waals surface area contributed by atoms with Gasteiger partial charge in [-0.25, -0.2) is 4.98 Å². The molecular weight excluding hydrogens is 469 g/mol. The Labute approximate surface area is 210 Å². The molecule has 8 heteroatoms. The van der Waals surface area contributed by atoms with Gasteiger partial charge in [0.2, 0.25) is 0 Å². The molecule has 1 aromatic carbocycles. The molecule has 1 aromatic heterocycles. The Morgan fingerprint density at radius 1 is 1.14 bits per heavy atom. The normalized spacial score (nSPS) is 22.6. The summed E-state index contributed by atoms with van der Waals surface area (Å²) in [5.41, 5.74) is 2.96. The lowest BCUT2D eigenvalue weighted by Crippen LogP contribution is -2.41. The average Bonchev–Trinajstić information content (AvgIpc) is 3.72. The van der Waals surface area contributed by atoms with Crippen LogP contribution < -0.4 is 4.90 Å². The molecule has 194 valence electrons. The van der Waals surface area contributed by atoms with Crippen LogP contribution in [0, 0.1) is 17.8 Å². The number of ether oxygens (including phenoxy) is 2. The number of pyridine rings is 1. The number of hydrogen-bond donors (Lipinski definition) is 0. The fraction of sp³-hybridized carbons (Fsp3) is 0.571. The summed E-state index contributed by atoms with van der Waals surface area (Å²) < 4.78 is 51.6. The summed E-state index contributed by atoms with van der Waals surface area (Å²) in [4.78, 5) is 18.1. The molecule has 0 amide bonds. The van der Waals surface area contributed by atoms with Gasteiger partial charge in [-0.1, -0.05) is 25.1 Å². The third-order valence-corrected chi connectivity index (χ3v) is 8.19. The quantitative estimate of drug-likeness (QED) is 0.470. The van der Waals surface area contributed by atoms with Crippen LogP contribution in [-0.4, -0.2) is 37.3 Å². The van der Waals surface area contributed by atoms with Gasteiger partial charge in [0.1, 0.15) is 5.82 Å². The predicted octanol–water partition coefficient (Wildman–Crippen LogP) is 5.76. The third-order valence-electron chi connectivity index (χ3n) is 8.19. The lowest BCUT2D eigenvalue weighted by molar-refractivity contribution is -0.145. The number of carbonyl (C=O) groups is 1. The second-order valence-electron chi connectivity index (χ2n) is 10.5. The van der Waals surface area contributed by atoms with Crippen molar-refractivity contribution in [3.8, 4) is 0 Å². The maximum atomic E-state index is 13.5. The SMILES string of the molecule is COC(=O)[C@@H](C)[C@H](c1ccc2c(c1)CC(C1CCN(c3ncccc3C(F)(F)F)CC1)OC2)C1CC1. The number of esters is 1. The first-order chi connectivity index (χ1) is 17.3. The second-order valence-corrected chi connectivity index (χ2v) is 10.5. The number of anilines is 1. The molecule has 0 radical (unpaired) electrons. The van der Waals surface area contributed by atoms with Gasteiger partial charge >= 0.3 is 12.1 Å². The summed E-state index contributed by atoms with van der Waals surface area (Å²) in [7, 11) is 1.45. The summed E-state index contributed by atoms with van der Waals surface area (Å²) >= 11 is 0. The van der Waals surface area contributed by atoms with Gasteiger partial charge in [-0.15, -0.1) is 0 Å². The zero-order valence-electron chi connectivity index (χ0n) is 20.8. The highest BCUT2D eigenvalue weighted by molar-refractivity contribution is 5.73. The predicted molar refractivity (Wildman–Crippen MR) is 130 cm³/mol. The van der Waals surface area contributed by atoms with E-state index >= 15 is 0 Å². The first-order valence-corrected chi connectivity index (χ1v) is 12.8. The number of nitrogens with zero attached hydrogens (tertiary/aromatic N) is 2. The summed E-state index contributed by atoms with van der Waals surface area (Å²) in [5.74, 6) is 0.629. The van der Waals surface area contributed by atoms with Gasteiger partial charge in [0.05, 0.1) is 31.3 Å². The molecule has 2 aliphatic heterocycles. The Hall–Kier alpha value is -2.61. The minimum absolute atomic E-state index is 0.0221. The number of benzene rings is 1. The summed E-state index contributed by atoms with van der Waals surface area (Å²) in [6, 6.07) is 8.95. The van der Waals surface area contributed by atoms with Crippen molar-refractivity contribution in [3.05, 3.63) is 58.8 Å². The fourth-order valence-electron chi connectivity index (χ4n) is 6.07. The molecule has 1 aliphatic carbocycles. The molecule has 36 heavy (non-hydrogen) atoms. The van der Waals surface area contributed by atoms with E-state index in [9.17, 15) is 18.0 Å². The Balaban J connectivity index is 1.27. The highest BCUT2D eigenvalue weighted by atomic mass is 19.4. The first kappa shape index (κ1) is 25.1. The molecule has 3 heterocycles. The molecule has 1 saturated carbocycles. The van der Waals surface area contributed by atoms with Gasteiger partial charge in [0.15, 0.2) is 0 Å². The molecule has 0 N–H and O–H groups in total. The van der Waals surface area contributed by atoms with Crippen LogP contribution in [0.1, 0.15) is 60.8 Å². The number of halogens is 3. The molecular formula is C28H33F3N2O3. The highest BCUT2D eigenvalue weighted by Crippen LogP contribution is 2.47. The molecule has 3 atom stereocenters. The monoisotopic (exact) mass is 502 g/mol. The van der Waals surface area contributed by atoms with E-state index in [0.29, 0.717) is 25.6 Å². The van der Waals surface area contributed by atoms with E-state index < -0.39 is 11.7 Å². The molecule has 0 spiro atoms. The summed E-state index contributed by atoms with van der Waals surface area (Å²) in [6.07, 6.45) is 1.63. The van der Waals surface area contributed by atoms with E-state index in [1.54, 1.807) is 4.90 Å². The van der Waals surface area contributed by atoms with E-state index in [1.165, 1.54) is 36.1 Å². The van der Waals surface area contributed by atoms with Crippen LogP contribution in [0.15, 0.2) is 36.5 Å². The van der Waals surface area contributed by atoms with Crippen molar-refractivity contribution in [2.24, 2.45) is 17.8 Å². The fourth-order valence-corrected chi connectivity index (χ4v) is 6.07. The minimum atomic E-state index is -4.42. The van der Waals surface area contributed by atoms with Crippen molar-refractivity contribution >= 4 is 11.8 Å². The van der Waals surface area contributed by atoms with Gasteiger partial charge in [-0.3, -0.25) is 4.79 Å². The Morgan fingerprint density at radius 3 is 2.56 bits per heavy atom. The van der Waals surface area contributed by atoms with E-state index in [2.05, 4.69) is 23.2 Å². The molecule has 1 saturated heterocycles. The first-order valence-electron chi connectivity index (χ1n) is 12.8. The number of alkyl halides is 3. The minimum Gasteiger partial charge on any atom is -0.469 e. The van der Waals surface area contributed by atoms with Crippen LogP contribution in [0.5, 0.6) is 0 Å². The van der Waals surface area contributed by atoms with Gasteiger partial charge in [-0.2, -0.15) is 13.2 Å². The Bertz CT molecular complexity index is 1090. The summed E-state index contributed by atoms with van der Waals surface area (Å²) in [6.45, 7) is 3.55. The molecule has 5 nitrogen and oxygen atoms in total. The molecule has 3 aliphatic rings. The maximum absolute atomic E-state index is 13.5. The Morgan fingerprint density at radius 2 is 1.89 bits per heavy atom. The molecule has 5 rings (SSSR count).